The van der Waals surface area contributed by atoms with Gasteiger partial charge < -0.3 is 47.5 Å². The summed E-state index contributed by atoms with van der Waals surface area (Å²) in [5.41, 5.74) is 18.1. The molecule has 250 valence electrons. The van der Waals surface area contributed by atoms with Gasteiger partial charge in [-0.25, -0.2) is 14.3 Å². The number of anilines is 2. The first-order chi connectivity index (χ1) is 22.3. The number of nitrogens with one attached hydrogen (secondary N) is 1. The molecule has 9 N–H and O–H groups in total. The van der Waals surface area contributed by atoms with Crippen molar-refractivity contribution in [3.8, 4) is 0 Å². The number of aliphatic hydroxyl groups excluding tert-OH is 1. The molecule has 2 aliphatic heterocycles. The average Bonchev–Trinajstić information content (AvgIpc) is 3.54. The quantitative estimate of drug-likeness (QED) is 0.0468. The molecule has 0 spiro atoms. The molecule has 5 heterocycles. The van der Waals surface area contributed by atoms with E-state index in [1.54, 1.807) is 27.5 Å². The van der Waals surface area contributed by atoms with Gasteiger partial charge >= 0.3 is 17.6 Å². The largest absolute Gasteiger partial charge is 0.543 e. The van der Waals surface area contributed by atoms with Crippen molar-refractivity contribution in [2.45, 2.75) is 50.0 Å². The summed E-state index contributed by atoms with van der Waals surface area (Å²) in [6, 6.07) is 1.91. The lowest BCUT2D eigenvalue weighted by molar-refractivity contribution is -0.664. The van der Waals surface area contributed by atoms with Crippen LogP contribution in [0, 0.1) is 0 Å². The number of pyridine rings is 1. The molecule has 1 fully saturated rings. The van der Waals surface area contributed by atoms with E-state index in [4.69, 9.17) is 38.7 Å². The zero-order chi connectivity index (χ0) is 34.2. The number of aryl methyl sites for hydroxylation is 1. The molecule has 18 nitrogen and oxygen atoms in total. The monoisotopic (exact) mass is 708 g/mol. The molecule has 1 saturated heterocycles. The smallest absolute Gasteiger partial charge is 0.351 e. The molecule has 3 aromatic heterocycles. The number of carboxylic acids is 2. The number of amides is 2. The standard InChI is InChI=1S/C26H29ClN10O8S2/c1-10(23(41)42)45-34-15(14-18(27)47-26(30)32-14)20(39)31-16-21(40)37-17(24(43)44)11(9-46-22(16)37)7-35-5-2-3-13-19(35)33-25(29)36(13)6-4-12(28)8-38/h2-3,5,10,12,16,22,29,38H,4,6-9,28H2,1H3,(H5,30,31,32,39,41,42,43,44)/b34-15-/t10-,12-,16+,22?/m0/s1. The lowest BCUT2D eigenvalue weighted by Gasteiger charge is -2.50. The molecule has 0 aromatic carbocycles. The Bertz CT molecular complexity index is 1830. The number of aliphatic hydroxyl groups is 1. The Balaban J connectivity index is 1.38. The van der Waals surface area contributed by atoms with Crippen molar-refractivity contribution in [2.24, 2.45) is 10.9 Å². The van der Waals surface area contributed by atoms with Crippen LogP contribution in [0.3, 0.4) is 0 Å². The molecule has 0 aliphatic carbocycles. The number of nitrogens with two attached hydrogens (primary N) is 3. The second-order valence-corrected chi connectivity index (χ2v) is 13.2. The molecule has 4 atom stereocenters. The number of aliphatic carboxylic acids is 2. The third-order valence-electron chi connectivity index (χ3n) is 7.35. The van der Waals surface area contributed by atoms with E-state index in [1.165, 1.54) is 18.7 Å². The molecule has 21 heteroatoms. The van der Waals surface area contributed by atoms with Crippen LogP contribution in [0.15, 0.2) is 34.8 Å². The minimum absolute atomic E-state index is 0.00399. The number of aromatic nitrogens is 4. The Morgan fingerprint density at radius 3 is 2.72 bits per heavy atom. The van der Waals surface area contributed by atoms with E-state index >= 15 is 0 Å². The molecule has 47 heavy (non-hydrogen) atoms. The van der Waals surface area contributed by atoms with Gasteiger partial charge in [-0.3, -0.25) is 19.1 Å². The number of halogens is 1. The summed E-state index contributed by atoms with van der Waals surface area (Å²) < 4.78 is 3.41. The van der Waals surface area contributed by atoms with E-state index in [1.807, 2.05) is 0 Å². The highest BCUT2D eigenvalue weighted by atomic mass is 35.5. The van der Waals surface area contributed by atoms with E-state index in [0.29, 0.717) is 29.7 Å². The van der Waals surface area contributed by atoms with Crippen molar-refractivity contribution in [1.29, 1.82) is 0 Å². The van der Waals surface area contributed by atoms with Crippen LogP contribution in [0.25, 0.3) is 11.2 Å². The number of nitrogen functional groups attached to an aromatic ring is 2. The first kappa shape index (κ1) is 33.9. The van der Waals surface area contributed by atoms with Gasteiger partial charge in [0.15, 0.2) is 10.8 Å². The Morgan fingerprint density at radius 1 is 1.34 bits per heavy atom. The van der Waals surface area contributed by atoms with Crippen LogP contribution in [0.5, 0.6) is 0 Å². The predicted octanol–water partition coefficient (Wildman–Crippen LogP) is -2.39. The number of oxime groups is 1. The average molecular weight is 709 g/mol. The first-order valence-electron chi connectivity index (χ1n) is 13.9. The summed E-state index contributed by atoms with van der Waals surface area (Å²) in [5, 5.41) is 36.1. The van der Waals surface area contributed by atoms with Gasteiger partial charge in [-0.15, -0.1) is 11.8 Å². The zero-order valence-corrected chi connectivity index (χ0v) is 26.9. The first-order valence-corrected chi connectivity index (χ1v) is 16.1. The number of hydrogen-bond donors (Lipinski definition) is 6. The number of carbonyl (C=O) groups excluding carboxylic acids is 3. The van der Waals surface area contributed by atoms with Crippen molar-refractivity contribution in [1.82, 2.24) is 24.8 Å². The minimum Gasteiger partial charge on any atom is -0.543 e. The van der Waals surface area contributed by atoms with Gasteiger partial charge in [-0.2, -0.15) is 0 Å². The fourth-order valence-corrected chi connectivity index (χ4v) is 7.21. The summed E-state index contributed by atoms with van der Waals surface area (Å²) >= 11 is 8.21. The number of carbonyl (C=O) groups is 4. The lowest BCUT2D eigenvalue weighted by atomic mass is 10.0. The third kappa shape index (κ3) is 6.67. The summed E-state index contributed by atoms with van der Waals surface area (Å²) in [5.74, 6) is -4.28. The van der Waals surface area contributed by atoms with Crippen LogP contribution in [0.2, 0.25) is 4.34 Å². The molecule has 0 saturated carbocycles. The Labute approximate surface area is 278 Å². The Hall–Kier alpha value is -4.50. The SMILES string of the molecule is C[C@H](O/N=C(\C(=O)N[C@@H]1C(=O)N2C(C(=O)[O-])=C(C[n+]3cccc4c3nc(N)n4CC[C@H](N)CO)CSC12)c1nc(N)sc1Cl)C(=O)O. The van der Waals surface area contributed by atoms with Crippen LogP contribution in [0.4, 0.5) is 11.1 Å². The van der Waals surface area contributed by atoms with Crippen molar-refractivity contribution in [3.63, 3.8) is 0 Å². The number of thiazole rings is 1. The van der Waals surface area contributed by atoms with Crippen molar-refractivity contribution < 1.29 is 43.9 Å². The summed E-state index contributed by atoms with van der Waals surface area (Å²) in [7, 11) is 0. The van der Waals surface area contributed by atoms with Crippen LogP contribution < -0.4 is 32.2 Å². The van der Waals surface area contributed by atoms with Gasteiger partial charge in [0.2, 0.25) is 6.10 Å². The van der Waals surface area contributed by atoms with E-state index in [2.05, 4.69) is 20.4 Å². The molecule has 2 amide bonds. The highest BCUT2D eigenvalue weighted by Crippen LogP contribution is 2.40. The fourth-order valence-electron chi connectivity index (χ4n) is 4.94. The second-order valence-electron chi connectivity index (χ2n) is 10.5. The maximum absolute atomic E-state index is 13.3. The minimum atomic E-state index is -1.58. The number of β-lactam (4-membered cyclic amide) rings is 1. The summed E-state index contributed by atoms with van der Waals surface area (Å²) in [6.45, 7) is 1.43. The molecule has 0 radical (unpaired) electrons. The number of hydrogen-bond acceptors (Lipinski definition) is 15. The van der Waals surface area contributed by atoms with Crippen molar-refractivity contribution in [2.75, 3.05) is 23.8 Å². The molecule has 1 unspecified atom stereocenters. The molecular weight excluding hydrogens is 680 g/mol. The lowest BCUT2D eigenvalue weighted by Crippen LogP contribution is -2.71. The van der Waals surface area contributed by atoms with Gasteiger partial charge in [-0.05, 0) is 30.5 Å². The van der Waals surface area contributed by atoms with Crippen LogP contribution >= 0.6 is 34.7 Å². The number of imidazole rings is 1. The third-order valence-corrected chi connectivity index (χ3v) is 9.77. The van der Waals surface area contributed by atoms with Gasteiger partial charge in [0.25, 0.3) is 11.8 Å². The highest BCUT2D eigenvalue weighted by Gasteiger charge is 2.53. The topological polar surface area (TPSA) is 281 Å². The fraction of sp³-hybridized carbons (Fsp3) is 0.385. The van der Waals surface area contributed by atoms with Gasteiger partial charge in [-0.1, -0.05) is 28.1 Å². The van der Waals surface area contributed by atoms with Crippen molar-refractivity contribution >= 4 is 86.4 Å². The summed E-state index contributed by atoms with van der Waals surface area (Å²) in [6.07, 6.45) is 0.705. The molecule has 5 rings (SSSR count). The van der Waals surface area contributed by atoms with Crippen LogP contribution in [-0.2, 0) is 37.1 Å². The number of carboxylic acid groups (broad SMARTS) is 2. The maximum Gasteiger partial charge on any atom is 0.351 e. The number of thioether (sulfide) groups is 1. The van der Waals surface area contributed by atoms with Crippen LogP contribution in [0.1, 0.15) is 19.0 Å². The van der Waals surface area contributed by atoms with E-state index in [-0.39, 0.29) is 45.7 Å². The van der Waals surface area contributed by atoms with Crippen LogP contribution in [-0.4, -0.2) is 95.0 Å². The summed E-state index contributed by atoms with van der Waals surface area (Å²) in [4.78, 5) is 64.6. The number of rotatable bonds is 13. The van der Waals surface area contributed by atoms with Gasteiger partial charge in [0.05, 0.1) is 24.5 Å². The highest BCUT2D eigenvalue weighted by molar-refractivity contribution is 8.00. The number of nitrogens with zero attached hydrogens (tertiary/aromatic N) is 6. The van der Waals surface area contributed by atoms with E-state index in [9.17, 15) is 29.4 Å². The molecule has 3 aromatic rings. The number of fused-ring (bicyclic) bond motifs is 2. The normalized spacial score (nSPS) is 19.3. The van der Waals surface area contributed by atoms with E-state index < -0.39 is 53.0 Å². The maximum atomic E-state index is 13.3. The molecule has 0 bridgehead atoms. The second kappa shape index (κ2) is 13.7. The molecular formula is C26H29ClN10O8S2. The van der Waals surface area contributed by atoms with Gasteiger partial charge in [0, 0.05) is 23.9 Å². The molecule has 2 aliphatic rings. The predicted molar refractivity (Wildman–Crippen MR) is 167 cm³/mol. The Kier molecular flexibility index (Phi) is 9.86. The zero-order valence-electron chi connectivity index (χ0n) is 24.5. The Morgan fingerprint density at radius 2 is 2.09 bits per heavy atom. The van der Waals surface area contributed by atoms with Gasteiger partial charge in [0.1, 0.15) is 33.5 Å². The van der Waals surface area contributed by atoms with Crippen molar-refractivity contribution in [3.05, 3.63) is 39.6 Å². The van der Waals surface area contributed by atoms with E-state index in [0.717, 1.165) is 16.2 Å².